The molecule has 1 fully saturated rings. The van der Waals surface area contributed by atoms with Gasteiger partial charge in [0.2, 0.25) is 0 Å². The lowest BCUT2D eigenvalue weighted by Crippen LogP contribution is -2.48. The van der Waals surface area contributed by atoms with Crippen molar-refractivity contribution in [2.45, 2.75) is 64.1 Å². The molecule has 4 heteroatoms. The summed E-state index contributed by atoms with van der Waals surface area (Å²) in [6.07, 6.45) is 6.16. The van der Waals surface area contributed by atoms with E-state index < -0.39 is 0 Å². The number of nitrogens with zero attached hydrogens (tertiary/aromatic N) is 2. The van der Waals surface area contributed by atoms with Gasteiger partial charge in [-0.15, -0.1) is 0 Å². The summed E-state index contributed by atoms with van der Waals surface area (Å²) in [4.78, 5) is 0. The van der Waals surface area contributed by atoms with E-state index in [-0.39, 0.29) is 11.6 Å². The number of aromatic nitrogens is 2. The van der Waals surface area contributed by atoms with Crippen LogP contribution in [0.2, 0.25) is 0 Å². The van der Waals surface area contributed by atoms with Gasteiger partial charge in [0.05, 0.1) is 17.8 Å². The maximum atomic E-state index is 6.41. The third-order valence-electron chi connectivity index (χ3n) is 4.24. The smallest absolute Gasteiger partial charge is 0.0731 e. The number of rotatable bonds is 5. The summed E-state index contributed by atoms with van der Waals surface area (Å²) in [6.45, 7) is 7.23. The maximum Gasteiger partial charge on any atom is 0.0731 e. The van der Waals surface area contributed by atoms with E-state index in [9.17, 15) is 0 Å². The largest absolute Gasteiger partial charge is 0.377 e. The van der Waals surface area contributed by atoms with Crippen LogP contribution in [0.5, 0.6) is 0 Å². The molecule has 2 rings (SSSR count). The average molecular weight is 251 g/mol. The van der Waals surface area contributed by atoms with Crippen molar-refractivity contribution >= 4 is 0 Å². The number of nitrogens with two attached hydrogens (primary N) is 1. The van der Waals surface area contributed by atoms with Gasteiger partial charge in [-0.3, -0.25) is 4.68 Å². The van der Waals surface area contributed by atoms with Gasteiger partial charge in [-0.25, -0.2) is 0 Å². The molecule has 0 spiro atoms. The van der Waals surface area contributed by atoms with E-state index in [4.69, 9.17) is 10.5 Å². The minimum absolute atomic E-state index is 0.121. The Hall–Kier alpha value is -0.870. The fraction of sp³-hybridized carbons (Fsp3) is 0.786. The number of hydrogen-bond donors (Lipinski definition) is 1. The quantitative estimate of drug-likeness (QED) is 0.873. The van der Waals surface area contributed by atoms with Crippen molar-refractivity contribution in [2.75, 3.05) is 6.61 Å². The fourth-order valence-electron chi connectivity index (χ4n) is 2.70. The van der Waals surface area contributed by atoms with Crippen LogP contribution in [-0.4, -0.2) is 28.0 Å². The summed E-state index contributed by atoms with van der Waals surface area (Å²) in [6, 6.07) is 2.60. The van der Waals surface area contributed by atoms with E-state index in [0.29, 0.717) is 6.04 Å². The Morgan fingerprint density at radius 2 is 2.28 bits per heavy atom. The van der Waals surface area contributed by atoms with Crippen LogP contribution in [-0.2, 0) is 11.2 Å². The molecule has 1 saturated heterocycles. The molecule has 1 aliphatic heterocycles. The molecular weight excluding hydrogens is 226 g/mol. The molecule has 0 saturated carbocycles. The Labute approximate surface area is 110 Å². The minimum Gasteiger partial charge on any atom is -0.377 e. The summed E-state index contributed by atoms with van der Waals surface area (Å²) in [5.74, 6) is 0. The van der Waals surface area contributed by atoms with Crippen molar-refractivity contribution in [3.8, 4) is 0 Å². The lowest BCUT2D eigenvalue weighted by molar-refractivity contribution is 0.0951. The Bertz CT molecular complexity index is 386. The fourth-order valence-corrected chi connectivity index (χ4v) is 2.70. The van der Waals surface area contributed by atoms with Crippen molar-refractivity contribution < 1.29 is 4.74 Å². The van der Waals surface area contributed by atoms with E-state index in [2.05, 4.69) is 42.8 Å². The third-order valence-corrected chi connectivity index (χ3v) is 4.24. The highest BCUT2D eigenvalue weighted by Crippen LogP contribution is 2.27. The number of ether oxygens (including phenoxy) is 1. The van der Waals surface area contributed by atoms with Crippen LogP contribution >= 0.6 is 0 Å². The molecule has 4 nitrogen and oxygen atoms in total. The van der Waals surface area contributed by atoms with Gasteiger partial charge in [-0.2, -0.15) is 5.10 Å². The molecule has 0 aliphatic carbocycles. The summed E-state index contributed by atoms with van der Waals surface area (Å²) in [5, 5.41) is 4.68. The summed E-state index contributed by atoms with van der Waals surface area (Å²) in [5.41, 5.74) is 7.25. The van der Waals surface area contributed by atoms with Crippen LogP contribution in [0.25, 0.3) is 0 Å². The molecule has 2 N–H and O–H groups in total. The molecule has 0 bridgehead atoms. The molecule has 2 unspecified atom stereocenters. The second kappa shape index (κ2) is 5.41. The predicted molar refractivity (Wildman–Crippen MR) is 72.5 cm³/mol. The SMILES string of the molecule is CCC(CC)n1ccc(CC2(N)CCOC2C)n1. The van der Waals surface area contributed by atoms with Crippen LogP contribution in [0, 0.1) is 0 Å². The standard InChI is InChI=1S/C14H25N3O/c1-4-13(5-2)17-8-6-12(16-17)10-14(15)7-9-18-11(14)3/h6,8,11,13H,4-5,7,9-10,15H2,1-3H3. The van der Waals surface area contributed by atoms with Gasteiger partial charge >= 0.3 is 0 Å². The molecule has 0 amide bonds. The summed E-state index contributed by atoms with van der Waals surface area (Å²) in [7, 11) is 0. The van der Waals surface area contributed by atoms with E-state index in [1.165, 1.54) is 0 Å². The predicted octanol–water partition coefficient (Wildman–Crippen LogP) is 2.29. The van der Waals surface area contributed by atoms with Crippen molar-refractivity contribution in [1.29, 1.82) is 0 Å². The van der Waals surface area contributed by atoms with E-state index in [1.807, 2.05) is 0 Å². The van der Waals surface area contributed by atoms with E-state index in [0.717, 1.165) is 38.0 Å². The van der Waals surface area contributed by atoms with Crippen LogP contribution in [0.4, 0.5) is 0 Å². The zero-order valence-corrected chi connectivity index (χ0v) is 11.7. The summed E-state index contributed by atoms with van der Waals surface area (Å²) >= 11 is 0. The second-order valence-electron chi connectivity index (χ2n) is 5.43. The van der Waals surface area contributed by atoms with Crippen molar-refractivity contribution in [3.63, 3.8) is 0 Å². The van der Waals surface area contributed by atoms with Crippen molar-refractivity contribution in [2.24, 2.45) is 5.73 Å². The molecule has 18 heavy (non-hydrogen) atoms. The monoisotopic (exact) mass is 251 g/mol. The first kappa shape index (κ1) is 13.6. The highest BCUT2D eigenvalue weighted by atomic mass is 16.5. The first-order chi connectivity index (χ1) is 8.59. The van der Waals surface area contributed by atoms with Gasteiger partial charge < -0.3 is 10.5 Å². The van der Waals surface area contributed by atoms with Gasteiger partial charge in [-0.05, 0) is 32.3 Å². The van der Waals surface area contributed by atoms with E-state index in [1.54, 1.807) is 0 Å². The normalized spacial score (nSPS) is 28.2. The molecule has 1 aliphatic rings. The van der Waals surface area contributed by atoms with Gasteiger partial charge in [0.25, 0.3) is 0 Å². The minimum atomic E-state index is -0.243. The average Bonchev–Trinajstić information content (AvgIpc) is 2.90. The van der Waals surface area contributed by atoms with Crippen LogP contribution < -0.4 is 5.73 Å². The Kier molecular flexibility index (Phi) is 4.07. The van der Waals surface area contributed by atoms with Crippen LogP contribution in [0.1, 0.15) is 51.8 Å². The first-order valence-electron chi connectivity index (χ1n) is 7.03. The Morgan fingerprint density at radius 1 is 1.56 bits per heavy atom. The zero-order chi connectivity index (χ0) is 13.2. The highest BCUT2D eigenvalue weighted by molar-refractivity contribution is 5.09. The molecule has 2 atom stereocenters. The van der Waals surface area contributed by atoms with Crippen molar-refractivity contribution in [1.82, 2.24) is 9.78 Å². The second-order valence-corrected chi connectivity index (χ2v) is 5.43. The molecule has 1 aromatic heterocycles. The van der Waals surface area contributed by atoms with Gasteiger partial charge in [0.15, 0.2) is 0 Å². The van der Waals surface area contributed by atoms with Crippen LogP contribution in [0.3, 0.4) is 0 Å². The molecule has 2 heterocycles. The lowest BCUT2D eigenvalue weighted by atomic mass is 9.88. The van der Waals surface area contributed by atoms with E-state index >= 15 is 0 Å². The Morgan fingerprint density at radius 3 is 2.83 bits per heavy atom. The van der Waals surface area contributed by atoms with Crippen molar-refractivity contribution in [3.05, 3.63) is 18.0 Å². The molecule has 0 aromatic carbocycles. The molecule has 0 radical (unpaired) electrons. The Balaban J connectivity index is 2.06. The lowest BCUT2D eigenvalue weighted by Gasteiger charge is -2.26. The van der Waals surface area contributed by atoms with Gasteiger partial charge in [0, 0.05) is 24.8 Å². The zero-order valence-electron chi connectivity index (χ0n) is 11.7. The van der Waals surface area contributed by atoms with Gasteiger partial charge in [0.1, 0.15) is 0 Å². The number of hydrogen-bond acceptors (Lipinski definition) is 3. The first-order valence-corrected chi connectivity index (χ1v) is 7.03. The molecular formula is C14H25N3O. The third kappa shape index (κ3) is 2.59. The molecule has 1 aromatic rings. The highest BCUT2D eigenvalue weighted by Gasteiger charge is 2.38. The topological polar surface area (TPSA) is 53.1 Å². The van der Waals surface area contributed by atoms with Crippen LogP contribution in [0.15, 0.2) is 12.3 Å². The molecule has 102 valence electrons. The van der Waals surface area contributed by atoms with Gasteiger partial charge in [-0.1, -0.05) is 13.8 Å². The summed E-state index contributed by atoms with van der Waals surface area (Å²) < 4.78 is 7.66. The maximum absolute atomic E-state index is 6.41.